The molecule has 0 radical (unpaired) electrons. The van der Waals surface area contributed by atoms with Gasteiger partial charge in [-0.1, -0.05) is 0 Å². The lowest BCUT2D eigenvalue weighted by atomic mass is 10.2. The zero-order chi connectivity index (χ0) is 15.2. The summed E-state index contributed by atoms with van der Waals surface area (Å²) in [5.41, 5.74) is 1.24. The Morgan fingerprint density at radius 3 is 3.00 bits per heavy atom. The van der Waals surface area contributed by atoms with Gasteiger partial charge in [0.25, 0.3) is 0 Å². The van der Waals surface area contributed by atoms with Crippen molar-refractivity contribution in [1.82, 2.24) is 15.3 Å². The first-order valence-electron chi connectivity index (χ1n) is 6.72. The smallest absolute Gasteiger partial charge is 0.220 e. The summed E-state index contributed by atoms with van der Waals surface area (Å²) in [4.78, 5) is 22.6. The number of nitrogens with one attached hydrogen (secondary N) is 1. The molecule has 0 aromatic carbocycles. The quantitative estimate of drug-likeness (QED) is 0.481. The van der Waals surface area contributed by atoms with E-state index in [9.17, 15) is 4.79 Å². The standard InChI is InChI=1S/C14H19N3O2S2/c1-9-10(2)21-14-12(9)13(16-8-17-14)20-7-4-11(18)15-5-6-19-3/h8H,4-7H2,1-3H3,(H,15,18). The predicted octanol–water partition coefficient (Wildman–Crippen LogP) is 2.55. The van der Waals surface area contributed by atoms with Crippen molar-refractivity contribution in [2.45, 2.75) is 25.3 Å². The van der Waals surface area contributed by atoms with Gasteiger partial charge in [-0.2, -0.15) is 0 Å². The highest BCUT2D eigenvalue weighted by Gasteiger charge is 2.12. The summed E-state index contributed by atoms with van der Waals surface area (Å²) >= 11 is 3.30. The third-order valence-corrected chi connectivity index (χ3v) is 5.23. The summed E-state index contributed by atoms with van der Waals surface area (Å²) in [6.45, 7) is 5.29. The van der Waals surface area contributed by atoms with Crippen LogP contribution in [0.25, 0.3) is 10.2 Å². The number of amides is 1. The van der Waals surface area contributed by atoms with Gasteiger partial charge in [0.05, 0.1) is 6.61 Å². The fourth-order valence-corrected chi connectivity index (χ4v) is 3.94. The Kier molecular flexibility index (Phi) is 5.96. The number of hydrogen-bond donors (Lipinski definition) is 1. The molecular weight excluding hydrogens is 306 g/mol. The molecule has 0 spiro atoms. The summed E-state index contributed by atoms with van der Waals surface area (Å²) in [7, 11) is 1.62. The van der Waals surface area contributed by atoms with Crippen molar-refractivity contribution in [2.24, 2.45) is 0 Å². The monoisotopic (exact) mass is 325 g/mol. The van der Waals surface area contributed by atoms with E-state index >= 15 is 0 Å². The Balaban J connectivity index is 1.93. The Morgan fingerprint density at radius 2 is 2.24 bits per heavy atom. The van der Waals surface area contributed by atoms with E-state index in [1.165, 1.54) is 10.4 Å². The van der Waals surface area contributed by atoms with Crippen LogP contribution in [0.2, 0.25) is 0 Å². The van der Waals surface area contributed by atoms with Gasteiger partial charge in [0, 0.05) is 36.1 Å². The SMILES string of the molecule is COCCNC(=O)CCSc1ncnc2sc(C)c(C)c12. The average Bonchev–Trinajstić information content (AvgIpc) is 2.75. The molecule has 0 aliphatic carbocycles. The van der Waals surface area contributed by atoms with E-state index in [-0.39, 0.29) is 5.91 Å². The molecular formula is C14H19N3O2S2. The molecule has 1 amide bonds. The van der Waals surface area contributed by atoms with E-state index in [0.717, 1.165) is 15.2 Å². The van der Waals surface area contributed by atoms with Gasteiger partial charge in [-0.3, -0.25) is 4.79 Å². The van der Waals surface area contributed by atoms with Crippen molar-refractivity contribution in [1.29, 1.82) is 0 Å². The van der Waals surface area contributed by atoms with Crippen molar-refractivity contribution in [3.63, 3.8) is 0 Å². The lowest BCUT2D eigenvalue weighted by Gasteiger charge is -2.05. The lowest BCUT2D eigenvalue weighted by Crippen LogP contribution is -2.27. The molecule has 2 aromatic heterocycles. The highest BCUT2D eigenvalue weighted by Crippen LogP contribution is 2.34. The van der Waals surface area contributed by atoms with E-state index < -0.39 is 0 Å². The second-order valence-corrected chi connectivity index (χ2v) is 6.87. The second-order valence-electron chi connectivity index (χ2n) is 4.58. The molecule has 0 saturated heterocycles. The molecule has 0 unspecified atom stereocenters. The molecule has 0 aliphatic rings. The zero-order valence-corrected chi connectivity index (χ0v) is 14.1. The van der Waals surface area contributed by atoms with Crippen LogP contribution in [0, 0.1) is 13.8 Å². The van der Waals surface area contributed by atoms with Crippen LogP contribution in [0.15, 0.2) is 11.4 Å². The van der Waals surface area contributed by atoms with E-state index in [4.69, 9.17) is 4.74 Å². The van der Waals surface area contributed by atoms with Gasteiger partial charge in [-0.15, -0.1) is 23.1 Å². The first kappa shape index (κ1) is 16.2. The fraction of sp³-hybridized carbons (Fsp3) is 0.500. The minimum absolute atomic E-state index is 0.0445. The highest BCUT2D eigenvalue weighted by molar-refractivity contribution is 7.99. The number of aromatic nitrogens is 2. The van der Waals surface area contributed by atoms with Gasteiger partial charge in [-0.25, -0.2) is 9.97 Å². The molecule has 2 heterocycles. The van der Waals surface area contributed by atoms with Crippen LogP contribution in [-0.2, 0) is 9.53 Å². The maximum atomic E-state index is 11.6. The van der Waals surface area contributed by atoms with Crippen LogP contribution >= 0.6 is 23.1 Å². The van der Waals surface area contributed by atoms with E-state index in [1.54, 1.807) is 36.5 Å². The number of rotatable bonds is 7. The van der Waals surface area contributed by atoms with Gasteiger partial charge in [0.15, 0.2) is 0 Å². The molecule has 5 nitrogen and oxygen atoms in total. The van der Waals surface area contributed by atoms with Crippen molar-refractivity contribution >= 4 is 39.2 Å². The zero-order valence-electron chi connectivity index (χ0n) is 12.4. The topological polar surface area (TPSA) is 64.1 Å². The molecule has 21 heavy (non-hydrogen) atoms. The highest BCUT2D eigenvalue weighted by atomic mass is 32.2. The number of methoxy groups -OCH3 is 1. The summed E-state index contributed by atoms with van der Waals surface area (Å²) in [6.07, 6.45) is 2.07. The Labute approximate surface area is 132 Å². The van der Waals surface area contributed by atoms with Gasteiger partial charge in [-0.05, 0) is 19.4 Å². The van der Waals surface area contributed by atoms with Gasteiger partial charge in [0.2, 0.25) is 5.91 Å². The number of hydrogen-bond acceptors (Lipinski definition) is 6. The van der Waals surface area contributed by atoms with Crippen LogP contribution in [0.5, 0.6) is 0 Å². The molecule has 0 saturated carbocycles. The summed E-state index contributed by atoms with van der Waals surface area (Å²) in [6, 6.07) is 0. The minimum atomic E-state index is 0.0445. The van der Waals surface area contributed by atoms with Crippen molar-refractivity contribution in [3.05, 3.63) is 16.8 Å². The molecule has 0 fully saturated rings. The van der Waals surface area contributed by atoms with Crippen LogP contribution in [0.3, 0.4) is 0 Å². The molecule has 0 bridgehead atoms. The molecule has 1 N–H and O–H groups in total. The Morgan fingerprint density at radius 1 is 1.43 bits per heavy atom. The molecule has 7 heteroatoms. The number of carbonyl (C=O) groups excluding carboxylic acids is 1. The number of fused-ring (bicyclic) bond motifs is 1. The van der Waals surface area contributed by atoms with Crippen LogP contribution in [-0.4, -0.2) is 41.9 Å². The summed E-state index contributed by atoms with van der Waals surface area (Å²) < 4.78 is 4.89. The molecule has 0 atom stereocenters. The largest absolute Gasteiger partial charge is 0.383 e. The normalized spacial score (nSPS) is 11.0. The van der Waals surface area contributed by atoms with E-state index in [0.29, 0.717) is 25.3 Å². The van der Waals surface area contributed by atoms with E-state index in [1.807, 2.05) is 0 Å². The second kappa shape index (κ2) is 7.72. The molecule has 114 valence electrons. The maximum absolute atomic E-state index is 11.6. The van der Waals surface area contributed by atoms with Crippen molar-refractivity contribution in [2.75, 3.05) is 26.0 Å². The van der Waals surface area contributed by atoms with Crippen molar-refractivity contribution in [3.8, 4) is 0 Å². The van der Waals surface area contributed by atoms with E-state index in [2.05, 4.69) is 29.1 Å². The third kappa shape index (κ3) is 4.15. The molecule has 0 aliphatic heterocycles. The summed E-state index contributed by atoms with van der Waals surface area (Å²) in [5, 5.41) is 4.91. The third-order valence-electron chi connectivity index (χ3n) is 3.13. The van der Waals surface area contributed by atoms with Gasteiger partial charge < -0.3 is 10.1 Å². The molecule has 2 rings (SSSR count). The number of aryl methyl sites for hydroxylation is 2. The lowest BCUT2D eigenvalue weighted by molar-refractivity contribution is -0.120. The Bertz CT molecular complexity index is 628. The van der Waals surface area contributed by atoms with Crippen molar-refractivity contribution < 1.29 is 9.53 Å². The number of carbonyl (C=O) groups is 1. The van der Waals surface area contributed by atoms with Crippen LogP contribution in [0.4, 0.5) is 0 Å². The first-order chi connectivity index (χ1) is 10.1. The molecule has 2 aromatic rings. The van der Waals surface area contributed by atoms with Gasteiger partial charge >= 0.3 is 0 Å². The average molecular weight is 325 g/mol. The van der Waals surface area contributed by atoms with Crippen LogP contribution < -0.4 is 5.32 Å². The van der Waals surface area contributed by atoms with Crippen LogP contribution in [0.1, 0.15) is 16.9 Å². The predicted molar refractivity (Wildman–Crippen MR) is 87.1 cm³/mol. The number of thioether (sulfide) groups is 1. The maximum Gasteiger partial charge on any atom is 0.220 e. The fourth-order valence-electron chi connectivity index (χ4n) is 1.88. The number of ether oxygens (including phenoxy) is 1. The summed E-state index contributed by atoms with van der Waals surface area (Å²) in [5.74, 6) is 0.752. The van der Waals surface area contributed by atoms with Gasteiger partial charge in [0.1, 0.15) is 16.2 Å². The number of nitrogens with zero attached hydrogens (tertiary/aromatic N) is 2. The minimum Gasteiger partial charge on any atom is -0.383 e. The number of thiophene rings is 1. The Hall–Kier alpha value is -1.18. The first-order valence-corrected chi connectivity index (χ1v) is 8.52.